The summed E-state index contributed by atoms with van der Waals surface area (Å²) in [6, 6.07) is 4.94. The van der Waals surface area contributed by atoms with Crippen LogP contribution in [0.3, 0.4) is 0 Å². The molecule has 2 rings (SSSR count). The lowest BCUT2D eigenvalue weighted by Gasteiger charge is -2.12. The van der Waals surface area contributed by atoms with Crippen molar-refractivity contribution in [3.8, 4) is 0 Å². The molecule has 1 heterocycles. The lowest BCUT2D eigenvalue weighted by atomic mass is 9.97. The van der Waals surface area contributed by atoms with Crippen LogP contribution in [0.1, 0.15) is 11.1 Å². The molecule has 0 amide bonds. The van der Waals surface area contributed by atoms with Gasteiger partial charge in [0.25, 0.3) is 0 Å². The zero-order valence-electron chi connectivity index (χ0n) is 9.10. The summed E-state index contributed by atoms with van der Waals surface area (Å²) in [5, 5.41) is 2.92. The van der Waals surface area contributed by atoms with Crippen LogP contribution in [0.25, 0.3) is 0 Å². The highest BCUT2D eigenvalue weighted by Gasteiger charge is 2.30. The van der Waals surface area contributed by atoms with Crippen molar-refractivity contribution in [2.75, 3.05) is 13.1 Å². The highest BCUT2D eigenvalue weighted by Crippen LogP contribution is 2.29. The highest BCUT2D eigenvalue weighted by atomic mass is 19.4. The monoisotopic (exact) mass is 247 g/mol. The Kier molecular flexibility index (Phi) is 3.38. The first-order chi connectivity index (χ1) is 7.97. The average Bonchev–Trinajstić information content (AvgIpc) is 2.64. The lowest BCUT2D eigenvalue weighted by molar-refractivity contribution is -0.137. The van der Waals surface area contributed by atoms with Gasteiger partial charge in [-0.25, -0.2) is 4.39 Å². The molecule has 2 atom stereocenters. The predicted molar refractivity (Wildman–Crippen MR) is 56.4 cm³/mol. The Balaban J connectivity index is 2.03. The van der Waals surface area contributed by atoms with Crippen molar-refractivity contribution in [1.29, 1.82) is 0 Å². The minimum absolute atomic E-state index is 0.133. The van der Waals surface area contributed by atoms with Gasteiger partial charge in [0.2, 0.25) is 0 Å². The SMILES string of the molecule is FC1CNCC1Cc1ccc(C(F)(F)F)cc1. The molecule has 1 aromatic carbocycles. The van der Waals surface area contributed by atoms with E-state index in [1.165, 1.54) is 12.1 Å². The molecule has 17 heavy (non-hydrogen) atoms. The van der Waals surface area contributed by atoms with Crippen LogP contribution in [-0.4, -0.2) is 19.3 Å². The number of alkyl halides is 4. The second-order valence-electron chi connectivity index (χ2n) is 4.33. The second-order valence-corrected chi connectivity index (χ2v) is 4.33. The van der Waals surface area contributed by atoms with Crippen molar-refractivity contribution >= 4 is 0 Å². The minimum Gasteiger partial charge on any atom is -0.313 e. The van der Waals surface area contributed by atoms with E-state index in [1.54, 1.807) is 0 Å². The normalized spacial score (nSPS) is 25.2. The van der Waals surface area contributed by atoms with E-state index in [-0.39, 0.29) is 5.92 Å². The molecule has 0 bridgehead atoms. The van der Waals surface area contributed by atoms with Gasteiger partial charge in [0.05, 0.1) is 5.56 Å². The standard InChI is InChI=1S/C12H13F4N/c13-11-7-17-6-9(11)5-8-1-3-10(4-2-8)12(14,15)16/h1-4,9,11,17H,5-7H2. The third-order valence-corrected chi connectivity index (χ3v) is 3.04. The summed E-state index contributed by atoms with van der Waals surface area (Å²) in [5.74, 6) is -0.133. The molecule has 94 valence electrons. The van der Waals surface area contributed by atoms with Crippen molar-refractivity contribution in [1.82, 2.24) is 5.32 Å². The predicted octanol–water partition coefficient (Wildman–Crippen LogP) is 2.81. The quantitative estimate of drug-likeness (QED) is 0.792. The van der Waals surface area contributed by atoms with Crippen LogP contribution in [0.5, 0.6) is 0 Å². The van der Waals surface area contributed by atoms with Gasteiger partial charge in [-0.1, -0.05) is 12.1 Å². The van der Waals surface area contributed by atoms with Crippen LogP contribution in [0, 0.1) is 5.92 Å². The van der Waals surface area contributed by atoms with E-state index in [0.717, 1.165) is 17.7 Å². The van der Waals surface area contributed by atoms with Crippen LogP contribution in [0.2, 0.25) is 0 Å². The van der Waals surface area contributed by atoms with E-state index < -0.39 is 17.9 Å². The van der Waals surface area contributed by atoms with Crippen molar-refractivity contribution < 1.29 is 17.6 Å². The Bertz CT molecular complexity index is 371. The zero-order valence-corrected chi connectivity index (χ0v) is 9.10. The molecule has 0 radical (unpaired) electrons. The largest absolute Gasteiger partial charge is 0.416 e. The van der Waals surface area contributed by atoms with Crippen molar-refractivity contribution in [2.45, 2.75) is 18.8 Å². The Morgan fingerprint density at radius 3 is 2.24 bits per heavy atom. The van der Waals surface area contributed by atoms with Crippen molar-refractivity contribution in [2.24, 2.45) is 5.92 Å². The fourth-order valence-electron chi connectivity index (χ4n) is 2.03. The molecule has 1 aliphatic heterocycles. The molecule has 1 fully saturated rings. The molecular weight excluding hydrogens is 234 g/mol. The summed E-state index contributed by atoms with van der Waals surface area (Å²) in [4.78, 5) is 0. The molecule has 1 aromatic rings. The van der Waals surface area contributed by atoms with Gasteiger partial charge < -0.3 is 5.32 Å². The van der Waals surface area contributed by atoms with Crippen LogP contribution < -0.4 is 5.32 Å². The molecule has 0 aliphatic carbocycles. The second kappa shape index (κ2) is 4.64. The van der Waals surface area contributed by atoms with E-state index in [2.05, 4.69) is 5.32 Å². The van der Waals surface area contributed by atoms with Crippen molar-refractivity contribution in [3.63, 3.8) is 0 Å². The summed E-state index contributed by atoms with van der Waals surface area (Å²) in [6.45, 7) is 0.924. The third-order valence-electron chi connectivity index (χ3n) is 3.04. The van der Waals surface area contributed by atoms with E-state index in [0.29, 0.717) is 19.5 Å². The highest BCUT2D eigenvalue weighted by molar-refractivity contribution is 5.25. The van der Waals surface area contributed by atoms with Gasteiger partial charge in [-0.15, -0.1) is 0 Å². The smallest absolute Gasteiger partial charge is 0.313 e. The van der Waals surface area contributed by atoms with Crippen LogP contribution in [0.15, 0.2) is 24.3 Å². The average molecular weight is 247 g/mol. The Morgan fingerprint density at radius 1 is 1.12 bits per heavy atom. The van der Waals surface area contributed by atoms with Gasteiger partial charge in [0, 0.05) is 19.0 Å². The molecule has 1 saturated heterocycles. The molecule has 0 saturated carbocycles. The first-order valence-electron chi connectivity index (χ1n) is 5.48. The van der Waals surface area contributed by atoms with Gasteiger partial charge in [-0.2, -0.15) is 13.2 Å². The molecule has 5 heteroatoms. The fourth-order valence-corrected chi connectivity index (χ4v) is 2.03. The summed E-state index contributed by atoms with van der Waals surface area (Å²) in [7, 11) is 0. The number of hydrogen-bond acceptors (Lipinski definition) is 1. The fraction of sp³-hybridized carbons (Fsp3) is 0.500. The van der Waals surface area contributed by atoms with E-state index >= 15 is 0 Å². The van der Waals surface area contributed by atoms with Crippen LogP contribution in [0.4, 0.5) is 17.6 Å². The van der Waals surface area contributed by atoms with E-state index in [1.807, 2.05) is 0 Å². The molecule has 0 spiro atoms. The van der Waals surface area contributed by atoms with Gasteiger partial charge in [-0.3, -0.25) is 0 Å². The number of benzene rings is 1. The molecule has 1 aliphatic rings. The molecule has 2 unspecified atom stereocenters. The summed E-state index contributed by atoms with van der Waals surface area (Å²) in [6.07, 6.45) is -4.74. The summed E-state index contributed by atoms with van der Waals surface area (Å²) in [5.41, 5.74) is 0.0805. The molecule has 1 nitrogen and oxygen atoms in total. The van der Waals surface area contributed by atoms with E-state index in [9.17, 15) is 17.6 Å². The van der Waals surface area contributed by atoms with Crippen LogP contribution in [-0.2, 0) is 12.6 Å². The Hall–Kier alpha value is -1.10. The maximum Gasteiger partial charge on any atom is 0.416 e. The lowest BCUT2D eigenvalue weighted by Crippen LogP contribution is -2.16. The topological polar surface area (TPSA) is 12.0 Å². The van der Waals surface area contributed by atoms with Gasteiger partial charge in [-0.05, 0) is 24.1 Å². The number of hydrogen-bond donors (Lipinski definition) is 1. The number of nitrogens with one attached hydrogen (secondary N) is 1. The summed E-state index contributed by atoms with van der Waals surface area (Å²) < 4.78 is 50.2. The van der Waals surface area contributed by atoms with Crippen molar-refractivity contribution in [3.05, 3.63) is 35.4 Å². The number of halogens is 4. The minimum atomic E-state index is -4.31. The first-order valence-corrected chi connectivity index (χ1v) is 5.48. The maximum atomic E-state index is 13.3. The zero-order chi connectivity index (χ0) is 12.5. The van der Waals surface area contributed by atoms with Gasteiger partial charge >= 0.3 is 6.18 Å². The maximum absolute atomic E-state index is 13.3. The molecule has 1 N–H and O–H groups in total. The Labute approximate surface area is 96.8 Å². The van der Waals surface area contributed by atoms with Gasteiger partial charge in [0.1, 0.15) is 6.17 Å². The van der Waals surface area contributed by atoms with Crippen LogP contribution >= 0.6 is 0 Å². The first kappa shape index (κ1) is 12.4. The summed E-state index contributed by atoms with van der Waals surface area (Å²) >= 11 is 0. The van der Waals surface area contributed by atoms with Gasteiger partial charge in [0.15, 0.2) is 0 Å². The Morgan fingerprint density at radius 2 is 1.76 bits per heavy atom. The van der Waals surface area contributed by atoms with E-state index in [4.69, 9.17) is 0 Å². The molecule has 0 aromatic heterocycles. The molecular formula is C12H13F4N. The number of rotatable bonds is 2. The third kappa shape index (κ3) is 2.97.